The lowest BCUT2D eigenvalue weighted by Crippen LogP contribution is -2.43. The summed E-state index contributed by atoms with van der Waals surface area (Å²) < 4.78 is 0. The van der Waals surface area contributed by atoms with Gasteiger partial charge in [0.15, 0.2) is 0 Å². The van der Waals surface area contributed by atoms with Gasteiger partial charge in [-0.05, 0) is 41.3 Å². The second-order valence-corrected chi connectivity index (χ2v) is 9.41. The number of nitrogens with zero attached hydrogens (tertiary/aromatic N) is 5. The van der Waals surface area contributed by atoms with Crippen molar-refractivity contribution in [1.29, 1.82) is 0 Å². The van der Waals surface area contributed by atoms with Gasteiger partial charge in [0.05, 0.1) is 11.5 Å². The minimum atomic E-state index is -0.00988. The first-order valence-electron chi connectivity index (χ1n) is 12.0. The maximum Gasteiger partial charge on any atom is 0.257 e. The number of carbonyl (C=O) groups is 1. The molecule has 0 unspecified atom stereocenters. The molecule has 2 heterocycles. The zero-order chi connectivity index (χ0) is 25.7. The number of aromatic nitrogens is 4. The molecule has 36 heavy (non-hydrogen) atoms. The minimum absolute atomic E-state index is 0.00988. The van der Waals surface area contributed by atoms with Crippen molar-refractivity contribution in [3.05, 3.63) is 77.3 Å². The fraction of sp³-hybridized carbons (Fsp3) is 0.296. The van der Waals surface area contributed by atoms with Gasteiger partial charge in [0.2, 0.25) is 5.82 Å². The normalized spacial score (nSPS) is 14.8. The Kier molecular flexibility index (Phi) is 7.90. The first-order chi connectivity index (χ1) is 17.4. The molecule has 8 nitrogen and oxygen atoms in total. The molecule has 2 N–H and O–H groups in total. The molecule has 1 aliphatic heterocycles. The molecule has 3 aromatic rings. The van der Waals surface area contributed by atoms with Gasteiger partial charge in [0.25, 0.3) is 5.91 Å². The van der Waals surface area contributed by atoms with Crippen LogP contribution >= 0.6 is 12.2 Å². The van der Waals surface area contributed by atoms with Crippen LogP contribution in [0.15, 0.2) is 71.7 Å². The Bertz CT molecular complexity index is 1290. The highest BCUT2D eigenvalue weighted by atomic mass is 32.1. The molecule has 0 radical (unpaired) electrons. The van der Waals surface area contributed by atoms with Crippen LogP contribution in [-0.2, 0) is 11.3 Å². The lowest BCUT2D eigenvalue weighted by molar-refractivity contribution is -0.126. The van der Waals surface area contributed by atoms with E-state index in [-0.39, 0.29) is 5.91 Å². The number of thiocarbonyl (C=S) groups is 1. The molecule has 0 aliphatic carbocycles. The third-order valence-corrected chi connectivity index (χ3v) is 6.64. The fourth-order valence-corrected chi connectivity index (χ4v) is 4.21. The third kappa shape index (κ3) is 5.52. The first kappa shape index (κ1) is 25.2. The van der Waals surface area contributed by atoms with E-state index in [1.54, 1.807) is 0 Å². The van der Waals surface area contributed by atoms with Gasteiger partial charge in [-0.3, -0.25) is 9.69 Å². The highest BCUT2D eigenvalue weighted by Crippen LogP contribution is 2.30. The number of rotatable bonds is 8. The molecule has 0 saturated heterocycles. The average molecular weight is 502 g/mol. The molecule has 0 bridgehead atoms. The van der Waals surface area contributed by atoms with Gasteiger partial charge < -0.3 is 10.2 Å². The number of allylic oxidation sites excluding steroid dienone is 2. The molecule has 1 aromatic heterocycles. The third-order valence-electron chi connectivity index (χ3n) is 6.13. The van der Waals surface area contributed by atoms with Gasteiger partial charge in [0, 0.05) is 37.3 Å². The summed E-state index contributed by atoms with van der Waals surface area (Å²) in [6.45, 7) is 4.53. The van der Waals surface area contributed by atoms with E-state index >= 15 is 0 Å². The standard InChI is InChI=1S/C27H31N7OS/c1-5-6-11-24-28-18(2)23(16-25(36)33(3)4)27(35)34(24)17-19-12-14-20(15-13-19)21-9-7-8-10-22(21)26-29-31-32-30-26/h7-15,28H,5-6,16-17H2,1-4H3,(H,29,30,31,32). The maximum absolute atomic E-state index is 13.6. The van der Waals surface area contributed by atoms with Crippen LogP contribution in [0.1, 0.15) is 38.7 Å². The van der Waals surface area contributed by atoms with Gasteiger partial charge >= 0.3 is 0 Å². The van der Waals surface area contributed by atoms with E-state index in [0.29, 0.717) is 24.4 Å². The number of amides is 1. The molecule has 1 aliphatic rings. The Labute approximate surface area is 217 Å². The number of unbranched alkanes of at least 4 members (excludes halogenated alkanes) is 1. The Hall–Kier alpha value is -3.85. The zero-order valence-electron chi connectivity index (χ0n) is 21.1. The van der Waals surface area contributed by atoms with Crippen molar-refractivity contribution >= 4 is 23.1 Å². The largest absolute Gasteiger partial charge is 0.372 e. The Morgan fingerprint density at radius 3 is 2.47 bits per heavy atom. The summed E-state index contributed by atoms with van der Waals surface area (Å²) in [6, 6.07) is 16.2. The topological polar surface area (TPSA) is 90.0 Å². The molecule has 1 amide bonds. The van der Waals surface area contributed by atoms with Crippen LogP contribution in [0.4, 0.5) is 0 Å². The Balaban J connectivity index is 1.60. The van der Waals surface area contributed by atoms with Crippen LogP contribution in [0.5, 0.6) is 0 Å². The molecule has 0 fully saturated rings. The van der Waals surface area contributed by atoms with Crippen molar-refractivity contribution in [1.82, 2.24) is 35.7 Å². The van der Waals surface area contributed by atoms with Gasteiger partial charge in [-0.1, -0.05) is 74.1 Å². The predicted molar refractivity (Wildman–Crippen MR) is 145 cm³/mol. The molecule has 0 spiro atoms. The van der Waals surface area contributed by atoms with E-state index in [4.69, 9.17) is 12.2 Å². The number of H-pyrrole nitrogens is 1. The minimum Gasteiger partial charge on any atom is -0.372 e. The number of hydrogen-bond donors (Lipinski definition) is 2. The number of hydrogen-bond acceptors (Lipinski definition) is 6. The number of benzene rings is 2. The molecule has 0 atom stereocenters. The van der Waals surface area contributed by atoms with E-state index in [1.165, 1.54) is 0 Å². The van der Waals surface area contributed by atoms with Crippen molar-refractivity contribution in [3.8, 4) is 22.5 Å². The molecule has 9 heteroatoms. The molecule has 4 rings (SSSR count). The highest BCUT2D eigenvalue weighted by molar-refractivity contribution is 7.80. The van der Waals surface area contributed by atoms with E-state index in [0.717, 1.165) is 51.6 Å². The Morgan fingerprint density at radius 2 is 1.83 bits per heavy atom. The summed E-state index contributed by atoms with van der Waals surface area (Å²) in [6.07, 6.45) is 4.42. The van der Waals surface area contributed by atoms with Crippen molar-refractivity contribution in [2.75, 3.05) is 14.1 Å². The van der Waals surface area contributed by atoms with Gasteiger partial charge in [-0.25, -0.2) is 0 Å². The van der Waals surface area contributed by atoms with Gasteiger partial charge in [0.1, 0.15) is 5.82 Å². The van der Waals surface area contributed by atoms with Crippen LogP contribution in [0.3, 0.4) is 0 Å². The smallest absolute Gasteiger partial charge is 0.257 e. The van der Waals surface area contributed by atoms with Crippen LogP contribution < -0.4 is 5.32 Å². The summed E-state index contributed by atoms with van der Waals surface area (Å²) in [7, 11) is 3.81. The van der Waals surface area contributed by atoms with Crippen LogP contribution in [-0.4, -0.2) is 55.4 Å². The fourth-order valence-electron chi connectivity index (χ4n) is 4.06. The zero-order valence-corrected chi connectivity index (χ0v) is 21.9. The maximum atomic E-state index is 13.6. The second kappa shape index (κ2) is 11.3. The van der Waals surface area contributed by atoms with Crippen LogP contribution in [0, 0.1) is 0 Å². The van der Waals surface area contributed by atoms with Crippen LogP contribution in [0.2, 0.25) is 0 Å². The summed E-state index contributed by atoms with van der Waals surface area (Å²) in [5.41, 5.74) is 5.55. The second-order valence-electron chi connectivity index (χ2n) is 8.94. The average Bonchev–Trinajstić information content (AvgIpc) is 3.42. The molecule has 0 saturated carbocycles. The van der Waals surface area contributed by atoms with Gasteiger partial charge in [-0.2, -0.15) is 5.21 Å². The summed E-state index contributed by atoms with van der Waals surface area (Å²) in [4.78, 5) is 18.0. The molecular formula is C27H31N7OS. The summed E-state index contributed by atoms with van der Waals surface area (Å²) in [5, 5.41) is 17.9. The number of aromatic amines is 1. The van der Waals surface area contributed by atoms with E-state index in [2.05, 4.69) is 63.2 Å². The number of carbonyl (C=O) groups excluding carboxylic acids is 1. The van der Waals surface area contributed by atoms with Crippen molar-refractivity contribution < 1.29 is 4.79 Å². The van der Waals surface area contributed by atoms with E-state index < -0.39 is 0 Å². The highest BCUT2D eigenvalue weighted by Gasteiger charge is 2.29. The van der Waals surface area contributed by atoms with Gasteiger partial charge in [-0.15, -0.1) is 10.2 Å². The van der Waals surface area contributed by atoms with E-state index in [1.807, 2.05) is 55.1 Å². The van der Waals surface area contributed by atoms with Crippen molar-refractivity contribution in [2.24, 2.45) is 0 Å². The van der Waals surface area contributed by atoms with Crippen LogP contribution in [0.25, 0.3) is 22.5 Å². The summed E-state index contributed by atoms with van der Waals surface area (Å²) in [5.74, 6) is 1.37. The quantitative estimate of drug-likeness (QED) is 0.434. The SMILES string of the molecule is CCCC=C1NC(C)=C(CC(=S)N(C)C)C(=O)N1Cc1ccc(-c2ccccc2-c2nn[nH]n2)cc1. The Morgan fingerprint density at radius 1 is 1.11 bits per heavy atom. The molecule has 186 valence electrons. The monoisotopic (exact) mass is 501 g/mol. The lowest BCUT2D eigenvalue weighted by atomic mass is 9.98. The predicted octanol–water partition coefficient (Wildman–Crippen LogP) is 4.66. The number of nitrogens with one attached hydrogen (secondary N) is 2. The number of tetrazole rings is 1. The van der Waals surface area contributed by atoms with Crippen molar-refractivity contribution in [2.45, 2.75) is 39.7 Å². The molecule has 2 aromatic carbocycles. The first-order valence-corrected chi connectivity index (χ1v) is 12.4. The summed E-state index contributed by atoms with van der Waals surface area (Å²) >= 11 is 5.50. The molecular weight excluding hydrogens is 470 g/mol. The van der Waals surface area contributed by atoms with E-state index in [9.17, 15) is 4.79 Å². The lowest BCUT2D eigenvalue weighted by Gasteiger charge is -2.34. The van der Waals surface area contributed by atoms with Crippen molar-refractivity contribution in [3.63, 3.8) is 0 Å².